The highest BCUT2D eigenvalue weighted by Crippen LogP contribution is 2.21. The topological polar surface area (TPSA) is 75.7 Å². The molecule has 134 valence electrons. The number of amides is 1. The minimum Gasteiger partial charge on any atom is -0.497 e. The third kappa shape index (κ3) is 4.90. The SMILES string of the molecule is COc1cccc(NC(=O)CN(c2ccc(F)c(F)c2)S(C)(=O)=O)c1. The summed E-state index contributed by atoms with van der Waals surface area (Å²) in [5, 5.41) is 2.52. The summed E-state index contributed by atoms with van der Waals surface area (Å²) in [5.74, 6) is -2.46. The highest BCUT2D eigenvalue weighted by molar-refractivity contribution is 7.92. The zero-order valence-corrected chi connectivity index (χ0v) is 14.3. The van der Waals surface area contributed by atoms with Crippen molar-refractivity contribution in [2.75, 3.05) is 29.5 Å². The number of ether oxygens (including phenoxy) is 1. The van der Waals surface area contributed by atoms with Crippen LogP contribution >= 0.6 is 0 Å². The molecule has 0 aliphatic heterocycles. The van der Waals surface area contributed by atoms with Crippen molar-refractivity contribution in [3.63, 3.8) is 0 Å². The first-order valence-electron chi connectivity index (χ1n) is 7.07. The van der Waals surface area contributed by atoms with Crippen molar-refractivity contribution < 1.29 is 26.7 Å². The number of nitrogens with one attached hydrogen (secondary N) is 1. The molecule has 2 aromatic carbocycles. The molecule has 9 heteroatoms. The van der Waals surface area contributed by atoms with Crippen molar-refractivity contribution >= 4 is 27.3 Å². The summed E-state index contributed by atoms with van der Waals surface area (Å²) in [4.78, 5) is 12.2. The molecule has 0 bridgehead atoms. The fourth-order valence-corrected chi connectivity index (χ4v) is 2.92. The number of nitrogens with zero attached hydrogens (tertiary/aromatic N) is 1. The molecule has 0 aliphatic carbocycles. The molecular formula is C16H16F2N2O4S. The van der Waals surface area contributed by atoms with Crippen LogP contribution in [-0.2, 0) is 14.8 Å². The molecule has 0 heterocycles. The predicted molar refractivity (Wildman–Crippen MR) is 90.2 cm³/mol. The van der Waals surface area contributed by atoms with E-state index in [9.17, 15) is 22.0 Å². The summed E-state index contributed by atoms with van der Waals surface area (Å²) in [7, 11) is -2.42. The van der Waals surface area contributed by atoms with Crippen molar-refractivity contribution in [2.45, 2.75) is 0 Å². The van der Waals surface area contributed by atoms with E-state index in [1.807, 2.05) is 0 Å². The van der Waals surface area contributed by atoms with Gasteiger partial charge in [-0.25, -0.2) is 17.2 Å². The maximum Gasteiger partial charge on any atom is 0.245 e. The number of anilines is 2. The van der Waals surface area contributed by atoms with Gasteiger partial charge >= 0.3 is 0 Å². The van der Waals surface area contributed by atoms with Gasteiger partial charge in [0.05, 0.1) is 19.1 Å². The van der Waals surface area contributed by atoms with Gasteiger partial charge in [-0.15, -0.1) is 0 Å². The van der Waals surface area contributed by atoms with Gasteiger partial charge in [0.1, 0.15) is 12.3 Å². The summed E-state index contributed by atoms with van der Waals surface area (Å²) in [6, 6.07) is 9.08. The van der Waals surface area contributed by atoms with Gasteiger partial charge in [-0.2, -0.15) is 0 Å². The largest absolute Gasteiger partial charge is 0.497 e. The first-order chi connectivity index (χ1) is 11.7. The van der Waals surface area contributed by atoms with Crippen LogP contribution in [0.3, 0.4) is 0 Å². The highest BCUT2D eigenvalue weighted by atomic mass is 32.2. The number of hydrogen-bond donors (Lipinski definition) is 1. The predicted octanol–water partition coefficient (Wildman–Crippen LogP) is 2.38. The second-order valence-electron chi connectivity index (χ2n) is 5.15. The third-order valence-corrected chi connectivity index (χ3v) is 4.37. The zero-order chi connectivity index (χ0) is 18.6. The lowest BCUT2D eigenvalue weighted by atomic mass is 10.3. The summed E-state index contributed by atoms with van der Waals surface area (Å²) >= 11 is 0. The second kappa shape index (κ2) is 7.47. The van der Waals surface area contributed by atoms with Crippen LogP contribution in [0.2, 0.25) is 0 Å². The van der Waals surface area contributed by atoms with Gasteiger partial charge in [0, 0.05) is 17.8 Å². The number of hydrogen-bond acceptors (Lipinski definition) is 4. The molecule has 0 radical (unpaired) electrons. The molecule has 2 rings (SSSR count). The van der Waals surface area contributed by atoms with Crippen LogP contribution in [-0.4, -0.2) is 34.2 Å². The average Bonchev–Trinajstić information content (AvgIpc) is 2.54. The first kappa shape index (κ1) is 18.7. The molecule has 0 saturated carbocycles. The van der Waals surface area contributed by atoms with Crippen LogP contribution in [0.4, 0.5) is 20.2 Å². The monoisotopic (exact) mass is 370 g/mol. The summed E-state index contributed by atoms with van der Waals surface area (Å²) in [6.07, 6.45) is 0.868. The van der Waals surface area contributed by atoms with E-state index >= 15 is 0 Å². The normalized spacial score (nSPS) is 11.0. The van der Waals surface area contributed by atoms with E-state index in [4.69, 9.17) is 4.74 Å². The van der Waals surface area contributed by atoms with Gasteiger partial charge in [-0.05, 0) is 24.3 Å². The smallest absolute Gasteiger partial charge is 0.245 e. The molecule has 25 heavy (non-hydrogen) atoms. The molecule has 0 fully saturated rings. The number of carbonyl (C=O) groups is 1. The zero-order valence-electron chi connectivity index (χ0n) is 13.5. The molecule has 1 N–H and O–H groups in total. The lowest BCUT2D eigenvalue weighted by Gasteiger charge is -2.22. The van der Waals surface area contributed by atoms with Crippen LogP contribution in [0.1, 0.15) is 0 Å². The summed E-state index contributed by atoms with van der Waals surface area (Å²) in [6.45, 7) is -0.596. The molecule has 6 nitrogen and oxygen atoms in total. The quantitative estimate of drug-likeness (QED) is 0.847. The van der Waals surface area contributed by atoms with Crippen LogP contribution in [0.5, 0.6) is 5.75 Å². The van der Waals surface area contributed by atoms with Crippen molar-refractivity contribution in [1.29, 1.82) is 0 Å². The number of sulfonamides is 1. The van der Waals surface area contributed by atoms with Crippen molar-refractivity contribution in [3.05, 3.63) is 54.1 Å². The van der Waals surface area contributed by atoms with E-state index in [1.165, 1.54) is 7.11 Å². The number of methoxy groups -OCH3 is 1. The van der Waals surface area contributed by atoms with Crippen LogP contribution in [0.25, 0.3) is 0 Å². The van der Waals surface area contributed by atoms with E-state index in [-0.39, 0.29) is 5.69 Å². The van der Waals surface area contributed by atoms with Gasteiger partial charge in [-0.1, -0.05) is 6.07 Å². The maximum atomic E-state index is 13.4. The van der Waals surface area contributed by atoms with Crippen molar-refractivity contribution in [3.8, 4) is 5.75 Å². The van der Waals surface area contributed by atoms with Crippen LogP contribution in [0.15, 0.2) is 42.5 Å². The van der Waals surface area contributed by atoms with E-state index in [0.29, 0.717) is 15.7 Å². The summed E-state index contributed by atoms with van der Waals surface area (Å²) < 4.78 is 56.0. The molecule has 0 unspecified atom stereocenters. The van der Waals surface area contributed by atoms with Gasteiger partial charge in [0.15, 0.2) is 11.6 Å². The highest BCUT2D eigenvalue weighted by Gasteiger charge is 2.22. The van der Waals surface area contributed by atoms with Gasteiger partial charge in [0.25, 0.3) is 0 Å². The Morgan fingerprint density at radius 1 is 1.16 bits per heavy atom. The van der Waals surface area contributed by atoms with Crippen molar-refractivity contribution in [2.24, 2.45) is 0 Å². The number of rotatable bonds is 6. The molecule has 0 aromatic heterocycles. The number of carbonyl (C=O) groups excluding carboxylic acids is 1. The van der Waals surface area contributed by atoms with E-state index in [1.54, 1.807) is 24.3 Å². The Balaban J connectivity index is 2.22. The Kier molecular flexibility index (Phi) is 5.58. The van der Waals surface area contributed by atoms with Crippen molar-refractivity contribution in [1.82, 2.24) is 0 Å². The Bertz CT molecular complexity index is 887. The molecule has 0 saturated heterocycles. The minimum absolute atomic E-state index is 0.151. The van der Waals surface area contributed by atoms with Crippen LogP contribution in [0, 0.1) is 11.6 Å². The Hall–Kier alpha value is -2.68. The lowest BCUT2D eigenvalue weighted by Crippen LogP contribution is -2.37. The van der Waals surface area contributed by atoms with Gasteiger partial charge in [-0.3, -0.25) is 9.10 Å². The fraction of sp³-hybridized carbons (Fsp3) is 0.188. The molecule has 0 spiro atoms. The summed E-state index contributed by atoms with van der Waals surface area (Å²) in [5.41, 5.74) is 0.255. The molecule has 2 aromatic rings. The van der Waals surface area contributed by atoms with E-state index in [0.717, 1.165) is 24.5 Å². The Labute approximate surface area is 144 Å². The standard InChI is InChI=1S/C16H16F2N2O4S/c1-24-13-5-3-4-11(8-13)19-16(21)10-20(25(2,22)23)12-6-7-14(17)15(18)9-12/h3-9H,10H2,1-2H3,(H,19,21). The maximum absolute atomic E-state index is 13.4. The Morgan fingerprint density at radius 2 is 1.88 bits per heavy atom. The number of benzene rings is 2. The second-order valence-corrected chi connectivity index (χ2v) is 7.05. The molecule has 0 aliphatic rings. The molecule has 0 atom stereocenters. The van der Waals surface area contributed by atoms with E-state index in [2.05, 4.69) is 5.32 Å². The average molecular weight is 370 g/mol. The molecule has 1 amide bonds. The van der Waals surface area contributed by atoms with E-state index < -0.39 is 34.1 Å². The lowest BCUT2D eigenvalue weighted by molar-refractivity contribution is -0.114. The minimum atomic E-state index is -3.89. The molecular weight excluding hydrogens is 354 g/mol. The Morgan fingerprint density at radius 3 is 2.48 bits per heavy atom. The third-order valence-electron chi connectivity index (χ3n) is 3.23. The number of halogens is 2. The van der Waals surface area contributed by atoms with Gasteiger partial charge in [0.2, 0.25) is 15.9 Å². The van der Waals surface area contributed by atoms with Gasteiger partial charge < -0.3 is 10.1 Å². The van der Waals surface area contributed by atoms with Crippen LogP contribution < -0.4 is 14.4 Å². The fourth-order valence-electron chi connectivity index (χ4n) is 2.07. The first-order valence-corrected chi connectivity index (χ1v) is 8.92.